The molecule has 0 aliphatic heterocycles. The normalized spacial score (nSPS) is 29.9. The molecule has 2 nitrogen and oxygen atoms in total. The van der Waals surface area contributed by atoms with E-state index in [9.17, 15) is 4.79 Å². The van der Waals surface area contributed by atoms with E-state index in [2.05, 4.69) is 6.92 Å². The van der Waals surface area contributed by atoms with E-state index in [0.29, 0.717) is 5.41 Å². The smallest absolute Gasteiger partial charge is 0.321 e. The molecule has 0 aromatic rings. The minimum Gasteiger partial charge on any atom is -0.458 e. The molecule has 0 unspecified atom stereocenters. The molecule has 0 spiro atoms. The summed E-state index contributed by atoms with van der Waals surface area (Å²) in [6.07, 6.45) is 18.1. The van der Waals surface area contributed by atoms with Crippen LogP contribution in [-0.2, 0) is 9.53 Å². The highest BCUT2D eigenvalue weighted by molar-refractivity contribution is 6.26. The molecule has 0 N–H and O–H groups in total. The third-order valence-corrected chi connectivity index (χ3v) is 6.10. The van der Waals surface area contributed by atoms with E-state index in [1.54, 1.807) is 0 Å². The summed E-state index contributed by atoms with van der Waals surface area (Å²) in [4.78, 5) is 11.6. The molecule has 2 aliphatic carbocycles. The van der Waals surface area contributed by atoms with Crippen LogP contribution in [0.4, 0.5) is 0 Å². The summed E-state index contributed by atoms with van der Waals surface area (Å²) >= 11 is 5.62. The summed E-state index contributed by atoms with van der Waals surface area (Å²) in [6, 6.07) is 0. The molecular weight excluding hydrogens is 296 g/mol. The van der Waals surface area contributed by atoms with Gasteiger partial charge in [0, 0.05) is 5.41 Å². The molecule has 0 heterocycles. The number of esters is 1. The summed E-state index contributed by atoms with van der Waals surface area (Å²) in [5.41, 5.74) is 0.188. The maximum atomic E-state index is 11.6. The predicted molar refractivity (Wildman–Crippen MR) is 92.3 cm³/mol. The molecular formula is C19H33ClO2. The van der Waals surface area contributed by atoms with Gasteiger partial charge in [-0.3, -0.25) is 4.79 Å². The van der Waals surface area contributed by atoms with Gasteiger partial charge >= 0.3 is 5.97 Å². The number of hydrogen-bond acceptors (Lipinski definition) is 2. The first kappa shape index (κ1) is 18.1. The molecule has 2 aliphatic rings. The van der Waals surface area contributed by atoms with Gasteiger partial charge in [0.1, 0.15) is 11.5 Å². The van der Waals surface area contributed by atoms with Gasteiger partial charge < -0.3 is 4.74 Å². The van der Waals surface area contributed by atoms with E-state index >= 15 is 0 Å². The van der Waals surface area contributed by atoms with E-state index in [-0.39, 0.29) is 17.5 Å². The van der Waals surface area contributed by atoms with Crippen molar-refractivity contribution in [1.82, 2.24) is 0 Å². The van der Waals surface area contributed by atoms with E-state index in [1.165, 1.54) is 77.0 Å². The number of carbonyl (C=O) groups is 1. The molecule has 0 aromatic carbocycles. The highest BCUT2D eigenvalue weighted by atomic mass is 35.5. The van der Waals surface area contributed by atoms with Crippen molar-refractivity contribution in [3.8, 4) is 0 Å². The Morgan fingerprint density at radius 3 is 2.32 bits per heavy atom. The van der Waals surface area contributed by atoms with Gasteiger partial charge in [-0.1, -0.05) is 64.7 Å². The number of unbranched alkanes of at least 4 members (excludes halogenated alkanes) is 7. The lowest BCUT2D eigenvalue weighted by Gasteiger charge is -2.30. The number of fused-ring (bicyclic) bond motifs is 1. The van der Waals surface area contributed by atoms with Crippen LogP contribution >= 0.6 is 11.6 Å². The van der Waals surface area contributed by atoms with E-state index in [4.69, 9.17) is 16.3 Å². The summed E-state index contributed by atoms with van der Waals surface area (Å²) < 4.78 is 5.76. The standard InChI is InChI=1S/C19H33ClO2/c1-2-3-4-5-6-7-8-9-12-18-13-10-11-14-19(18,16-18)22-17(21)15-20/h2-16H2,1H3/t18-,19-/m1/s1. The molecule has 0 amide bonds. The molecule has 3 heteroatoms. The first-order chi connectivity index (χ1) is 10.7. The van der Waals surface area contributed by atoms with Gasteiger partial charge in [-0.15, -0.1) is 11.6 Å². The van der Waals surface area contributed by atoms with Crippen molar-refractivity contribution in [3.63, 3.8) is 0 Å². The number of halogens is 1. The number of hydrogen-bond donors (Lipinski definition) is 0. The first-order valence-corrected chi connectivity index (χ1v) is 9.99. The number of ether oxygens (including phenoxy) is 1. The lowest BCUT2D eigenvalue weighted by Crippen LogP contribution is -2.31. The monoisotopic (exact) mass is 328 g/mol. The molecule has 2 atom stereocenters. The molecule has 2 saturated carbocycles. The van der Waals surface area contributed by atoms with E-state index < -0.39 is 0 Å². The summed E-state index contributed by atoms with van der Waals surface area (Å²) in [6.45, 7) is 2.27. The molecule has 22 heavy (non-hydrogen) atoms. The van der Waals surface area contributed by atoms with Gasteiger partial charge in [0.2, 0.25) is 0 Å². The Kier molecular flexibility index (Phi) is 7.05. The van der Waals surface area contributed by atoms with Crippen LogP contribution in [0, 0.1) is 5.41 Å². The molecule has 128 valence electrons. The lowest BCUT2D eigenvalue weighted by molar-refractivity contribution is -0.152. The molecule has 2 fully saturated rings. The van der Waals surface area contributed by atoms with Crippen LogP contribution in [0.15, 0.2) is 0 Å². The van der Waals surface area contributed by atoms with Crippen LogP contribution in [0.1, 0.15) is 96.8 Å². The van der Waals surface area contributed by atoms with Gasteiger partial charge in [-0.05, 0) is 32.1 Å². The van der Waals surface area contributed by atoms with Gasteiger partial charge in [0.15, 0.2) is 0 Å². The Bertz CT molecular complexity index is 357. The zero-order valence-corrected chi connectivity index (χ0v) is 15.1. The maximum Gasteiger partial charge on any atom is 0.321 e. The third-order valence-electron chi connectivity index (χ3n) is 5.88. The Hall–Kier alpha value is -0.240. The number of carbonyl (C=O) groups excluding carboxylic acids is 1. The van der Waals surface area contributed by atoms with Gasteiger partial charge in [-0.2, -0.15) is 0 Å². The zero-order valence-electron chi connectivity index (χ0n) is 14.3. The molecule has 0 bridgehead atoms. The second-order valence-corrected chi connectivity index (χ2v) is 7.76. The number of rotatable bonds is 11. The lowest BCUT2D eigenvalue weighted by atomic mass is 9.82. The second-order valence-electron chi connectivity index (χ2n) is 7.49. The maximum absolute atomic E-state index is 11.6. The Labute approximate surface area is 141 Å². The van der Waals surface area contributed by atoms with Crippen LogP contribution in [-0.4, -0.2) is 17.5 Å². The van der Waals surface area contributed by atoms with Gasteiger partial charge in [0.25, 0.3) is 0 Å². The minimum absolute atomic E-state index is 0.00438. The quantitative estimate of drug-likeness (QED) is 0.264. The Morgan fingerprint density at radius 2 is 1.64 bits per heavy atom. The van der Waals surface area contributed by atoms with Crippen molar-refractivity contribution in [3.05, 3.63) is 0 Å². The van der Waals surface area contributed by atoms with Crippen molar-refractivity contribution in [2.45, 2.75) is 102 Å². The van der Waals surface area contributed by atoms with Crippen LogP contribution in [0.5, 0.6) is 0 Å². The third kappa shape index (κ3) is 4.40. The summed E-state index contributed by atoms with van der Waals surface area (Å²) in [5, 5.41) is 0. The fourth-order valence-corrected chi connectivity index (χ4v) is 4.58. The van der Waals surface area contributed by atoms with Crippen LogP contribution in [0.25, 0.3) is 0 Å². The molecule has 0 saturated heterocycles. The molecule has 2 rings (SSSR count). The van der Waals surface area contributed by atoms with E-state index in [0.717, 1.165) is 12.8 Å². The number of alkyl halides is 1. The van der Waals surface area contributed by atoms with Crippen molar-refractivity contribution in [1.29, 1.82) is 0 Å². The average molecular weight is 329 g/mol. The van der Waals surface area contributed by atoms with Crippen LogP contribution in [0.3, 0.4) is 0 Å². The van der Waals surface area contributed by atoms with Gasteiger partial charge in [-0.25, -0.2) is 0 Å². The second kappa shape index (κ2) is 8.57. The van der Waals surface area contributed by atoms with E-state index in [1.807, 2.05) is 0 Å². The molecule has 0 radical (unpaired) electrons. The largest absolute Gasteiger partial charge is 0.458 e. The van der Waals surface area contributed by atoms with Gasteiger partial charge in [0.05, 0.1) is 0 Å². The van der Waals surface area contributed by atoms with Crippen LogP contribution < -0.4 is 0 Å². The Morgan fingerprint density at radius 1 is 1.00 bits per heavy atom. The topological polar surface area (TPSA) is 26.3 Å². The summed E-state index contributed by atoms with van der Waals surface area (Å²) in [7, 11) is 0. The first-order valence-electron chi connectivity index (χ1n) is 9.46. The highest BCUT2D eigenvalue weighted by Gasteiger charge is 2.69. The minimum atomic E-state index is -0.221. The Balaban J connectivity index is 1.65. The van der Waals surface area contributed by atoms with Crippen molar-refractivity contribution in [2.75, 3.05) is 5.88 Å². The zero-order chi connectivity index (χ0) is 15.9. The fraction of sp³-hybridized carbons (Fsp3) is 0.947. The molecule has 0 aromatic heterocycles. The fourth-order valence-electron chi connectivity index (χ4n) is 4.53. The van der Waals surface area contributed by atoms with Crippen molar-refractivity contribution < 1.29 is 9.53 Å². The summed E-state index contributed by atoms with van der Waals surface area (Å²) in [5.74, 6) is -0.225. The SMILES string of the molecule is CCCCCCCCCC[C@]12CCCC[C@@]1(OC(=O)CCl)C2. The van der Waals surface area contributed by atoms with Crippen molar-refractivity contribution >= 4 is 17.6 Å². The predicted octanol–water partition coefficient (Wildman–Crippen LogP) is 6.00. The van der Waals surface area contributed by atoms with Crippen LogP contribution in [0.2, 0.25) is 0 Å². The van der Waals surface area contributed by atoms with Crippen molar-refractivity contribution in [2.24, 2.45) is 5.41 Å². The average Bonchev–Trinajstić information content (AvgIpc) is 3.18. The highest BCUT2D eigenvalue weighted by Crippen LogP contribution is 2.69.